The summed E-state index contributed by atoms with van der Waals surface area (Å²) in [5.41, 5.74) is 1.20. The van der Waals surface area contributed by atoms with E-state index in [-0.39, 0.29) is 42.9 Å². The van der Waals surface area contributed by atoms with Crippen molar-refractivity contribution in [2.24, 2.45) is 0 Å². The van der Waals surface area contributed by atoms with Crippen molar-refractivity contribution in [3.05, 3.63) is 57.1 Å². The normalized spacial score (nSPS) is 19.7. The van der Waals surface area contributed by atoms with Crippen molar-refractivity contribution < 1.29 is 23.8 Å². The SMILES string of the molecule is CCC1(O)CC(=O)OCc2c1cc1n(c2=O)Cc2cc3cc(OC)c(F)cc3nc2-1. The number of rotatable bonds is 2. The molecule has 0 aliphatic carbocycles. The molecular formula is C22H19FN2O5. The number of benzene rings is 1. The lowest BCUT2D eigenvalue weighted by molar-refractivity contribution is -0.149. The topological polar surface area (TPSA) is 90.7 Å². The molecule has 30 heavy (non-hydrogen) atoms. The van der Waals surface area contributed by atoms with E-state index in [0.29, 0.717) is 27.9 Å². The Labute approximate surface area is 170 Å². The summed E-state index contributed by atoms with van der Waals surface area (Å²) in [6.07, 6.45) is 0.0312. The highest BCUT2D eigenvalue weighted by Gasteiger charge is 2.39. The zero-order chi connectivity index (χ0) is 21.2. The van der Waals surface area contributed by atoms with Crippen molar-refractivity contribution in [1.29, 1.82) is 0 Å². The molecule has 0 bridgehead atoms. The Morgan fingerprint density at radius 2 is 2.10 bits per heavy atom. The van der Waals surface area contributed by atoms with Crippen molar-refractivity contribution >= 4 is 16.9 Å². The summed E-state index contributed by atoms with van der Waals surface area (Å²) in [6, 6.07) is 6.46. The van der Waals surface area contributed by atoms with E-state index in [2.05, 4.69) is 4.98 Å². The van der Waals surface area contributed by atoms with Crippen molar-refractivity contribution in [2.45, 2.75) is 38.5 Å². The number of esters is 1. The van der Waals surface area contributed by atoms with E-state index in [4.69, 9.17) is 9.47 Å². The predicted molar refractivity (Wildman–Crippen MR) is 106 cm³/mol. The molecule has 154 valence electrons. The van der Waals surface area contributed by atoms with Crippen LogP contribution in [0.1, 0.15) is 36.5 Å². The van der Waals surface area contributed by atoms with Gasteiger partial charge in [-0.15, -0.1) is 0 Å². The summed E-state index contributed by atoms with van der Waals surface area (Å²) >= 11 is 0. The highest BCUT2D eigenvalue weighted by Crippen LogP contribution is 2.39. The number of pyridine rings is 2. The van der Waals surface area contributed by atoms with Crippen LogP contribution in [0.4, 0.5) is 4.39 Å². The third-order valence-electron chi connectivity index (χ3n) is 6.04. The van der Waals surface area contributed by atoms with Crippen molar-refractivity contribution in [3.8, 4) is 17.1 Å². The molecule has 1 N–H and O–H groups in total. The van der Waals surface area contributed by atoms with Crippen molar-refractivity contribution in [2.75, 3.05) is 7.11 Å². The number of fused-ring (bicyclic) bond motifs is 5. The van der Waals surface area contributed by atoms with Gasteiger partial charge in [0.1, 0.15) is 12.2 Å². The van der Waals surface area contributed by atoms with Crippen LogP contribution in [0.2, 0.25) is 0 Å². The molecule has 0 fully saturated rings. The Balaban J connectivity index is 1.76. The van der Waals surface area contributed by atoms with E-state index in [0.717, 1.165) is 5.56 Å². The molecule has 2 aliphatic rings. The molecule has 0 saturated heterocycles. The van der Waals surface area contributed by atoms with E-state index in [1.165, 1.54) is 13.2 Å². The molecule has 4 heterocycles. The number of aliphatic hydroxyl groups is 1. The molecule has 1 atom stereocenters. The quantitative estimate of drug-likeness (QED) is 0.511. The number of nitrogens with zero attached hydrogens (tertiary/aromatic N) is 2. The monoisotopic (exact) mass is 410 g/mol. The van der Waals surface area contributed by atoms with Gasteiger partial charge in [-0.2, -0.15) is 0 Å². The van der Waals surface area contributed by atoms with Crippen LogP contribution in [0.15, 0.2) is 29.1 Å². The zero-order valence-corrected chi connectivity index (χ0v) is 16.5. The first-order valence-electron chi connectivity index (χ1n) is 9.67. The van der Waals surface area contributed by atoms with Gasteiger partial charge in [-0.3, -0.25) is 9.59 Å². The Hall–Kier alpha value is -3.26. The first kappa shape index (κ1) is 18.7. The molecule has 0 amide bonds. The third-order valence-corrected chi connectivity index (χ3v) is 6.04. The van der Waals surface area contributed by atoms with E-state index >= 15 is 0 Å². The highest BCUT2D eigenvalue weighted by atomic mass is 19.1. The molecule has 1 unspecified atom stereocenters. The molecular weight excluding hydrogens is 391 g/mol. The van der Waals surface area contributed by atoms with Crippen LogP contribution in [0.5, 0.6) is 5.75 Å². The lowest BCUT2D eigenvalue weighted by Gasteiger charge is -2.26. The van der Waals surface area contributed by atoms with E-state index in [9.17, 15) is 19.1 Å². The van der Waals surface area contributed by atoms with E-state index < -0.39 is 17.4 Å². The fourth-order valence-corrected chi connectivity index (χ4v) is 4.34. The van der Waals surface area contributed by atoms with Crippen LogP contribution in [0, 0.1) is 5.82 Å². The van der Waals surface area contributed by atoms with Crippen LogP contribution < -0.4 is 10.3 Å². The van der Waals surface area contributed by atoms with Crippen molar-refractivity contribution in [1.82, 2.24) is 9.55 Å². The molecule has 2 aromatic heterocycles. The lowest BCUT2D eigenvalue weighted by atomic mass is 9.85. The number of carbonyl (C=O) groups is 1. The maximum absolute atomic E-state index is 14.2. The number of ether oxygens (including phenoxy) is 2. The molecule has 2 aliphatic heterocycles. The first-order valence-corrected chi connectivity index (χ1v) is 9.67. The minimum atomic E-state index is -1.49. The van der Waals surface area contributed by atoms with E-state index in [1.54, 1.807) is 23.6 Å². The number of carbonyl (C=O) groups excluding carboxylic acids is 1. The third kappa shape index (κ3) is 2.56. The summed E-state index contributed by atoms with van der Waals surface area (Å²) in [6.45, 7) is 1.87. The minimum absolute atomic E-state index is 0.124. The summed E-state index contributed by atoms with van der Waals surface area (Å²) < 4.78 is 26.0. The predicted octanol–water partition coefficient (Wildman–Crippen LogP) is 2.62. The molecule has 7 nitrogen and oxygen atoms in total. The molecule has 0 spiro atoms. The van der Waals surface area contributed by atoms with Gasteiger partial charge in [0.05, 0.1) is 42.5 Å². The summed E-state index contributed by atoms with van der Waals surface area (Å²) in [5, 5.41) is 11.8. The second kappa shape index (κ2) is 6.37. The average molecular weight is 410 g/mol. The Morgan fingerprint density at radius 3 is 2.83 bits per heavy atom. The number of hydrogen-bond acceptors (Lipinski definition) is 6. The standard InChI is InChI=1S/C22H19FN2O5/c1-3-22(28)8-19(26)30-10-13-14(22)6-17-20-12(9-25(17)21(13)27)4-11-5-18(29-2)15(23)7-16(11)24-20/h4-7,28H,3,8-10H2,1-2H3. The number of hydrogen-bond donors (Lipinski definition) is 1. The molecule has 5 rings (SSSR count). The minimum Gasteiger partial charge on any atom is -0.494 e. The molecule has 8 heteroatoms. The molecule has 3 aromatic rings. The largest absolute Gasteiger partial charge is 0.494 e. The Morgan fingerprint density at radius 1 is 1.30 bits per heavy atom. The van der Waals surface area contributed by atoms with Gasteiger partial charge in [-0.1, -0.05) is 6.92 Å². The second-order valence-electron chi connectivity index (χ2n) is 7.71. The van der Waals surface area contributed by atoms with Crippen molar-refractivity contribution in [3.63, 3.8) is 0 Å². The van der Waals surface area contributed by atoms with Gasteiger partial charge in [0.15, 0.2) is 11.6 Å². The van der Waals surface area contributed by atoms with Gasteiger partial charge >= 0.3 is 5.97 Å². The Bertz CT molecular complexity index is 1300. The first-order chi connectivity index (χ1) is 14.3. The Kier molecular flexibility index (Phi) is 3.98. The summed E-state index contributed by atoms with van der Waals surface area (Å²) in [5.74, 6) is -0.946. The number of cyclic esters (lactones) is 1. The van der Waals surface area contributed by atoms with Gasteiger partial charge in [0.2, 0.25) is 0 Å². The molecule has 1 aromatic carbocycles. The van der Waals surface area contributed by atoms with Gasteiger partial charge in [-0.25, -0.2) is 9.37 Å². The fourth-order valence-electron chi connectivity index (χ4n) is 4.34. The van der Waals surface area contributed by atoms with Crippen LogP contribution in [0.3, 0.4) is 0 Å². The summed E-state index contributed by atoms with van der Waals surface area (Å²) in [4.78, 5) is 29.8. The van der Waals surface area contributed by atoms with Crippen LogP contribution in [-0.2, 0) is 28.3 Å². The molecule has 0 radical (unpaired) electrons. The van der Waals surface area contributed by atoms with Gasteiger partial charge in [-0.05, 0) is 30.2 Å². The second-order valence-corrected chi connectivity index (χ2v) is 7.71. The lowest BCUT2D eigenvalue weighted by Crippen LogP contribution is -2.32. The van der Waals surface area contributed by atoms with Crippen LogP contribution in [0.25, 0.3) is 22.3 Å². The zero-order valence-electron chi connectivity index (χ0n) is 16.5. The average Bonchev–Trinajstić information content (AvgIpc) is 3.01. The van der Waals surface area contributed by atoms with Crippen LogP contribution in [-0.4, -0.2) is 27.7 Å². The smallest absolute Gasteiger partial charge is 0.309 e. The van der Waals surface area contributed by atoms with Gasteiger partial charge in [0, 0.05) is 17.0 Å². The molecule has 0 saturated carbocycles. The fraction of sp³-hybridized carbons (Fsp3) is 0.318. The number of methoxy groups -OCH3 is 1. The highest BCUT2D eigenvalue weighted by molar-refractivity contribution is 5.85. The maximum atomic E-state index is 14.2. The summed E-state index contributed by atoms with van der Waals surface area (Å²) in [7, 11) is 1.40. The maximum Gasteiger partial charge on any atom is 0.309 e. The van der Waals surface area contributed by atoms with E-state index in [1.807, 2.05) is 6.07 Å². The van der Waals surface area contributed by atoms with Crippen LogP contribution >= 0.6 is 0 Å². The van der Waals surface area contributed by atoms with Gasteiger partial charge in [0.25, 0.3) is 5.56 Å². The number of halogens is 1. The number of aromatic nitrogens is 2. The van der Waals surface area contributed by atoms with Gasteiger partial charge < -0.3 is 19.1 Å².